The molecule has 1 aromatic carbocycles. The van der Waals surface area contributed by atoms with Crippen LogP contribution in [-0.2, 0) is 0 Å². The van der Waals surface area contributed by atoms with Crippen molar-refractivity contribution < 1.29 is 4.74 Å². The third kappa shape index (κ3) is 3.77. The summed E-state index contributed by atoms with van der Waals surface area (Å²) in [6.45, 7) is 7.16. The largest absolute Gasteiger partial charge is 0.491 e. The molecule has 1 unspecified atom stereocenters. The van der Waals surface area contributed by atoms with Crippen molar-refractivity contribution in [2.24, 2.45) is 0 Å². The summed E-state index contributed by atoms with van der Waals surface area (Å²) in [5.41, 5.74) is 2.06. The molecule has 1 aromatic heterocycles. The van der Waals surface area contributed by atoms with E-state index < -0.39 is 0 Å². The predicted molar refractivity (Wildman–Crippen MR) is 82.3 cm³/mol. The molecular weight excluding hydrogens is 270 g/mol. The predicted octanol–water partition coefficient (Wildman–Crippen LogP) is 3.41. The first-order chi connectivity index (χ1) is 9.72. The van der Waals surface area contributed by atoms with Crippen LogP contribution in [0.25, 0.3) is 0 Å². The number of aromatic nitrogens is 2. The lowest BCUT2D eigenvalue weighted by atomic mass is 10.0. The second-order valence-electron chi connectivity index (χ2n) is 4.92. The first kappa shape index (κ1) is 14.9. The van der Waals surface area contributed by atoms with Gasteiger partial charge < -0.3 is 10.1 Å². The van der Waals surface area contributed by atoms with Gasteiger partial charge in [0.05, 0.1) is 17.8 Å². The van der Waals surface area contributed by atoms with E-state index in [1.165, 1.54) is 11.5 Å². The quantitative estimate of drug-likeness (QED) is 0.849. The summed E-state index contributed by atoms with van der Waals surface area (Å²) >= 11 is 1.37. The van der Waals surface area contributed by atoms with Gasteiger partial charge in [-0.05, 0) is 44.4 Å². The van der Waals surface area contributed by atoms with E-state index in [0.29, 0.717) is 0 Å². The van der Waals surface area contributed by atoms with E-state index in [4.69, 9.17) is 4.74 Å². The highest BCUT2D eigenvalue weighted by molar-refractivity contribution is 7.03. The normalized spacial score (nSPS) is 12.6. The third-order valence-corrected chi connectivity index (χ3v) is 3.39. The van der Waals surface area contributed by atoms with Crippen molar-refractivity contribution in [3.63, 3.8) is 0 Å². The summed E-state index contributed by atoms with van der Waals surface area (Å²) < 4.78 is 9.90. The highest BCUT2D eigenvalue weighted by Crippen LogP contribution is 2.30. The molecule has 0 aliphatic carbocycles. The number of rotatable bonds is 7. The van der Waals surface area contributed by atoms with Gasteiger partial charge in [0.25, 0.3) is 0 Å². The van der Waals surface area contributed by atoms with Crippen molar-refractivity contribution in [2.75, 3.05) is 6.54 Å². The van der Waals surface area contributed by atoms with Crippen LogP contribution in [0.3, 0.4) is 0 Å². The summed E-state index contributed by atoms with van der Waals surface area (Å²) in [7, 11) is 0. The summed E-state index contributed by atoms with van der Waals surface area (Å²) in [5.74, 6) is 0.907. The van der Waals surface area contributed by atoms with Gasteiger partial charge in [0.15, 0.2) is 0 Å². The van der Waals surface area contributed by atoms with Gasteiger partial charge in [0, 0.05) is 10.9 Å². The van der Waals surface area contributed by atoms with Crippen molar-refractivity contribution in [1.29, 1.82) is 0 Å². The van der Waals surface area contributed by atoms with Crippen LogP contribution in [0.5, 0.6) is 5.75 Å². The Bertz CT molecular complexity index is 514. The maximum Gasteiger partial charge on any atom is 0.124 e. The molecule has 1 atom stereocenters. The zero-order chi connectivity index (χ0) is 14.4. The van der Waals surface area contributed by atoms with Crippen LogP contribution in [0, 0.1) is 0 Å². The fourth-order valence-electron chi connectivity index (χ4n) is 2.04. The molecule has 20 heavy (non-hydrogen) atoms. The van der Waals surface area contributed by atoms with Gasteiger partial charge in [-0.2, -0.15) is 0 Å². The summed E-state index contributed by atoms with van der Waals surface area (Å²) in [4.78, 5) is 0. The van der Waals surface area contributed by atoms with Gasteiger partial charge in [0.2, 0.25) is 0 Å². The van der Waals surface area contributed by atoms with Crippen LogP contribution in [0.1, 0.15) is 44.5 Å². The number of nitrogens with one attached hydrogen (secondary N) is 1. The lowest BCUT2D eigenvalue weighted by molar-refractivity contribution is 0.238. The molecule has 5 heteroatoms. The van der Waals surface area contributed by atoms with E-state index in [1.807, 2.05) is 37.4 Å². The van der Waals surface area contributed by atoms with Gasteiger partial charge in [-0.1, -0.05) is 29.6 Å². The number of nitrogens with zero attached hydrogens (tertiary/aromatic N) is 2. The van der Waals surface area contributed by atoms with Crippen molar-refractivity contribution in [3.05, 3.63) is 40.9 Å². The third-order valence-electron chi connectivity index (χ3n) is 2.86. The number of benzene rings is 1. The lowest BCUT2D eigenvalue weighted by Gasteiger charge is -2.21. The van der Waals surface area contributed by atoms with Crippen LogP contribution in [0.15, 0.2) is 29.6 Å². The Hall–Kier alpha value is -1.46. The van der Waals surface area contributed by atoms with Gasteiger partial charge in [-0.3, -0.25) is 0 Å². The molecule has 0 saturated carbocycles. The summed E-state index contributed by atoms with van der Waals surface area (Å²) in [6, 6.07) is 8.16. The average Bonchev–Trinajstić information content (AvgIpc) is 2.94. The van der Waals surface area contributed by atoms with Gasteiger partial charge >= 0.3 is 0 Å². The maximum absolute atomic E-state index is 5.92. The molecule has 1 N–H and O–H groups in total. The molecule has 0 aliphatic heterocycles. The lowest BCUT2D eigenvalue weighted by Crippen LogP contribution is -2.24. The highest BCUT2D eigenvalue weighted by atomic mass is 32.1. The monoisotopic (exact) mass is 291 g/mol. The topological polar surface area (TPSA) is 47.0 Å². The standard InChI is InChI=1S/C15H21N3OS/c1-4-9-16-15(13-10-20-18-17-13)12-7-5-6-8-14(12)19-11(2)3/h5-8,10-11,15-16H,4,9H2,1-3H3. The number of ether oxygens (including phenoxy) is 1. The molecule has 0 bridgehead atoms. The fourth-order valence-corrected chi connectivity index (χ4v) is 2.52. The molecule has 0 spiro atoms. The Balaban J connectivity index is 2.33. The van der Waals surface area contributed by atoms with Crippen molar-refractivity contribution in [1.82, 2.24) is 14.9 Å². The fraction of sp³-hybridized carbons (Fsp3) is 0.467. The van der Waals surface area contributed by atoms with Crippen molar-refractivity contribution in [2.45, 2.75) is 39.3 Å². The minimum atomic E-state index is 0.0312. The zero-order valence-corrected chi connectivity index (χ0v) is 13.0. The molecule has 4 nitrogen and oxygen atoms in total. The van der Waals surface area contributed by atoms with Crippen LogP contribution in [0.2, 0.25) is 0 Å². The second-order valence-corrected chi connectivity index (χ2v) is 5.53. The number of hydrogen-bond donors (Lipinski definition) is 1. The SMILES string of the molecule is CCCNC(c1csnn1)c1ccccc1OC(C)C. The van der Waals surface area contributed by atoms with Gasteiger partial charge in [0.1, 0.15) is 5.75 Å². The van der Waals surface area contributed by atoms with E-state index >= 15 is 0 Å². The zero-order valence-electron chi connectivity index (χ0n) is 12.2. The first-order valence-electron chi connectivity index (χ1n) is 6.98. The second kappa shape index (κ2) is 7.36. The Morgan fingerprint density at radius 3 is 2.75 bits per heavy atom. The molecule has 0 saturated heterocycles. The van der Waals surface area contributed by atoms with Crippen molar-refractivity contribution in [3.8, 4) is 5.75 Å². The Morgan fingerprint density at radius 2 is 2.10 bits per heavy atom. The van der Waals surface area contributed by atoms with Crippen LogP contribution in [-0.4, -0.2) is 22.2 Å². The molecular formula is C15H21N3OS. The van der Waals surface area contributed by atoms with Crippen molar-refractivity contribution >= 4 is 11.5 Å². The molecule has 0 fully saturated rings. The number of para-hydroxylation sites is 1. The summed E-state index contributed by atoms with van der Waals surface area (Å²) in [5, 5.41) is 9.73. The van der Waals surface area contributed by atoms with Crippen LogP contribution >= 0.6 is 11.5 Å². The van der Waals surface area contributed by atoms with Gasteiger partial charge in [-0.25, -0.2) is 0 Å². The van der Waals surface area contributed by atoms with Gasteiger partial charge in [-0.15, -0.1) is 5.10 Å². The Kier molecular flexibility index (Phi) is 5.49. The van der Waals surface area contributed by atoms with E-state index in [9.17, 15) is 0 Å². The molecule has 0 aliphatic rings. The minimum absolute atomic E-state index is 0.0312. The number of hydrogen-bond acceptors (Lipinski definition) is 5. The van der Waals surface area contributed by atoms with E-state index in [0.717, 1.165) is 30.0 Å². The molecule has 1 heterocycles. The van der Waals surface area contributed by atoms with Crippen LogP contribution in [0.4, 0.5) is 0 Å². The smallest absolute Gasteiger partial charge is 0.124 e. The first-order valence-corrected chi connectivity index (χ1v) is 7.82. The average molecular weight is 291 g/mol. The summed E-state index contributed by atoms with van der Waals surface area (Å²) in [6.07, 6.45) is 1.22. The molecule has 0 radical (unpaired) electrons. The maximum atomic E-state index is 5.92. The Morgan fingerprint density at radius 1 is 1.30 bits per heavy atom. The van der Waals surface area contributed by atoms with E-state index in [2.05, 4.69) is 27.9 Å². The Labute approximate surface area is 124 Å². The minimum Gasteiger partial charge on any atom is -0.491 e. The highest BCUT2D eigenvalue weighted by Gasteiger charge is 2.20. The van der Waals surface area contributed by atoms with E-state index in [-0.39, 0.29) is 12.1 Å². The van der Waals surface area contributed by atoms with Crippen LogP contribution < -0.4 is 10.1 Å². The molecule has 2 aromatic rings. The molecule has 0 amide bonds. The molecule has 108 valence electrons. The van der Waals surface area contributed by atoms with E-state index in [1.54, 1.807) is 0 Å². The molecule has 2 rings (SSSR count).